The van der Waals surface area contributed by atoms with E-state index in [1.54, 1.807) is 13.0 Å². The molecular weight excluding hydrogens is 406 g/mol. The van der Waals surface area contributed by atoms with Crippen molar-refractivity contribution in [3.8, 4) is 0 Å². The molecule has 4 N–H and O–H groups in total. The van der Waals surface area contributed by atoms with Gasteiger partial charge in [0.15, 0.2) is 0 Å². The molecule has 1 amide bonds. The first-order chi connectivity index (χ1) is 12.8. The van der Waals surface area contributed by atoms with Crippen LogP contribution in [-0.2, 0) is 10.0 Å². The molecule has 152 valence electrons. The number of anilines is 1. The minimum Gasteiger partial charge on any atom is -0.427 e. The Bertz CT molecular complexity index is 1010. The first-order valence-corrected chi connectivity index (χ1v) is 10.1. The third-order valence-corrected chi connectivity index (χ3v) is 5.46. The van der Waals surface area contributed by atoms with Gasteiger partial charge in [0, 0.05) is 18.2 Å². The number of aryl methyl sites for hydroxylation is 1. The van der Waals surface area contributed by atoms with Crippen molar-refractivity contribution in [2.75, 3.05) is 18.4 Å². The predicted octanol–water partition coefficient (Wildman–Crippen LogP) is 1.74. The summed E-state index contributed by atoms with van der Waals surface area (Å²) < 4.78 is 27.9. The van der Waals surface area contributed by atoms with Crippen molar-refractivity contribution in [2.24, 2.45) is 5.14 Å². The molecule has 2 aromatic rings. The number of nitrogens with one attached hydrogen (secondary N) is 2. The van der Waals surface area contributed by atoms with Crippen molar-refractivity contribution in [3.63, 3.8) is 0 Å². The summed E-state index contributed by atoms with van der Waals surface area (Å²) in [5, 5.41) is 10.9. The van der Waals surface area contributed by atoms with E-state index in [0.29, 0.717) is 17.0 Å². The largest absolute Gasteiger partial charge is 0.427 e. The van der Waals surface area contributed by atoms with Gasteiger partial charge in [-0.2, -0.15) is 0 Å². The highest BCUT2D eigenvalue weighted by Crippen LogP contribution is 2.24. The van der Waals surface area contributed by atoms with Gasteiger partial charge in [-0.25, -0.2) is 18.4 Å². The Morgan fingerprint density at radius 1 is 1.29 bits per heavy atom. The molecule has 1 aromatic carbocycles. The molecule has 2 heterocycles. The van der Waals surface area contributed by atoms with Gasteiger partial charge in [0.1, 0.15) is 11.3 Å². The molecule has 1 atom stereocenters. The van der Waals surface area contributed by atoms with Crippen molar-refractivity contribution in [3.05, 3.63) is 57.6 Å². The van der Waals surface area contributed by atoms with Crippen molar-refractivity contribution in [1.29, 1.82) is 0 Å². The van der Waals surface area contributed by atoms with E-state index in [1.807, 2.05) is 0 Å². The average molecular weight is 428 g/mol. The molecule has 0 spiro atoms. The monoisotopic (exact) mass is 427 g/mol. The van der Waals surface area contributed by atoms with Gasteiger partial charge in [-0.3, -0.25) is 4.79 Å². The maximum atomic E-state index is 12.5. The van der Waals surface area contributed by atoms with Crippen LogP contribution in [0.3, 0.4) is 0 Å². The maximum Gasteiger partial charge on any atom is 0.349 e. The zero-order valence-corrected chi connectivity index (χ0v) is 16.9. The summed E-state index contributed by atoms with van der Waals surface area (Å²) in [5.41, 5.74) is 0.115. The molecule has 0 bridgehead atoms. The van der Waals surface area contributed by atoms with Gasteiger partial charge < -0.3 is 15.1 Å². The van der Waals surface area contributed by atoms with E-state index < -0.39 is 21.6 Å². The summed E-state index contributed by atoms with van der Waals surface area (Å²) in [6.07, 6.45) is 1.93. The minimum absolute atomic E-state index is 0. The number of sulfonamides is 1. The fourth-order valence-electron chi connectivity index (χ4n) is 3.12. The number of halogens is 1. The van der Waals surface area contributed by atoms with Crippen LogP contribution >= 0.6 is 12.4 Å². The fraction of sp³-hybridized carbons (Fsp3) is 0.333. The van der Waals surface area contributed by atoms with E-state index in [4.69, 9.17) is 9.56 Å². The second kappa shape index (κ2) is 8.87. The fourth-order valence-corrected chi connectivity index (χ4v) is 3.64. The van der Waals surface area contributed by atoms with Crippen LogP contribution < -0.4 is 21.4 Å². The van der Waals surface area contributed by atoms with Crippen LogP contribution in [0.25, 0.3) is 0 Å². The van der Waals surface area contributed by atoms with Crippen molar-refractivity contribution >= 4 is 34.0 Å². The number of rotatable bonds is 4. The first-order valence-electron chi connectivity index (χ1n) is 8.55. The van der Waals surface area contributed by atoms with Crippen LogP contribution in [0.4, 0.5) is 5.69 Å². The molecule has 1 fully saturated rings. The van der Waals surface area contributed by atoms with E-state index in [-0.39, 0.29) is 28.8 Å². The van der Waals surface area contributed by atoms with Gasteiger partial charge in [-0.1, -0.05) is 0 Å². The Morgan fingerprint density at radius 3 is 2.50 bits per heavy atom. The molecule has 1 unspecified atom stereocenters. The SMILES string of the molecule is Cc1cc(C2CCCNC2)oc(=O)c1C(=O)Nc1ccc(S(N)(=O)=O)cc1.Cl. The number of carbonyl (C=O) groups excluding carboxylic acids is 1. The lowest BCUT2D eigenvalue weighted by molar-refractivity contribution is 0.102. The number of hydrogen-bond donors (Lipinski definition) is 3. The Kier molecular flexibility index (Phi) is 7.00. The summed E-state index contributed by atoms with van der Waals surface area (Å²) in [5.74, 6) is 0.0877. The quantitative estimate of drug-likeness (QED) is 0.680. The smallest absolute Gasteiger partial charge is 0.349 e. The lowest BCUT2D eigenvalue weighted by Crippen LogP contribution is -2.30. The summed E-state index contributed by atoms with van der Waals surface area (Å²) in [4.78, 5) is 24.8. The zero-order valence-electron chi connectivity index (χ0n) is 15.2. The topological polar surface area (TPSA) is 132 Å². The molecule has 10 heteroatoms. The minimum atomic E-state index is -3.81. The van der Waals surface area contributed by atoms with Crippen molar-refractivity contribution in [1.82, 2.24) is 5.32 Å². The van der Waals surface area contributed by atoms with Crippen molar-refractivity contribution in [2.45, 2.75) is 30.6 Å². The molecule has 8 nitrogen and oxygen atoms in total. The van der Waals surface area contributed by atoms with Crippen LogP contribution in [0.5, 0.6) is 0 Å². The van der Waals surface area contributed by atoms with Gasteiger partial charge in [0.05, 0.1) is 4.90 Å². The van der Waals surface area contributed by atoms with E-state index in [2.05, 4.69) is 10.6 Å². The number of amides is 1. The normalized spacial score (nSPS) is 16.9. The number of piperidine rings is 1. The Morgan fingerprint density at radius 2 is 1.96 bits per heavy atom. The highest BCUT2D eigenvalue weighted by atomic mass is 35.5. The summed E-state index contributed by atoms with van der Waals surface area (Å²) >= 11 is 0. The summed E-state index contributed by atoms with van der Waals surface area (Å²) in [6, 6.07) is 7.09. The summed E-state index contributed by atoms with van der Waals surface area (Å²) in [7, 11) is -3.81. The molecule has 1 aliphatic heterocycles. The molecular formula is C18H22ClN3O5S. The van der Waals surface area contributed by atoms with Gasteiger partial charge >= 0.3 is 5.63 Å². The molecule has 0 saturated carbocycles. The number of benzene rings is 1. The third-order valence-electron chi connectivity index (χ3n) is 4.53. The molecule has 0 radical (unpaired) electrons. The second-order valence-electron chi connectivity index (χ2n) is 6.56. The van der Waals surface area contributed by atoms with Crippen LogP contribution in [0.2, 0.25) is 0 Å². The predicted molar refractivity (Wildman–Crippen MR) is 108 cm³/mol. The molecule has 1 aromatic heterocycles. The highest BCUT2D eigenvalue weighted by molar-refractivity contribution is 7.89. The van der Waals surface area contributed by atoms with E-state index in [1.165, 1.54) is 24.3 Å². The zero-order chi connectivity index (χ0) is 19.6. The van der Waals surface area contributed by atoms with E-state index in [0.717, 1.165) is 25.9 Å². The van der Waals surface area contributed by atoms with Gasteiger partial charge in [0.25, 0.3) is 5.91 Å². The molecule has 1 saturated heterocycles. The van der Waals surface area contributed by atoms with E-state index in [9.17, 15) is 18.0 Å². The Labute approximate surface area is 169 Å². The molecule has 1 aliphatic rings. The van der Waals surface area contributed by atoms with Crippen LogP contribution in [0.1, 0.15) is 40.4 Å². The van der Waals surface area contributed by atoms with Gasteiger partial charge in [0.2, 0.25) is 10.0 Å². The van der Waals surface area contributed by atoms with Gasteiger partial charge in [-0.05, 0) is 62.2 Å². The maximum absolute atomic E-state index is 12.5. The Balaban J connectivity index is 0.00000280. The number of nitrogens with two attached hydrogens (primary N) is 1. The lowest BCUT2D eigenvalue weighted by Gasteiger charge is -2.22. The molecule has 0 aliphatic carbocycles. The molecule has 3 rings (SSSR count). The van der Waals surface area contributed by atoms with E-state index >= 15 is 0 Å². The number of carbonyl (C=O) groups is 1. The third kappa shape index (κ3) is 4.99. The van der Waals surface area contributed by atoms with Gasteiger partial charge in [-0.15, -0.1) is 12.4 Å². The standard InChI is InChI=1S/C18H21N3O5S.ClH/c1-11-9-15(12-3-2-8-20-10-12)26-18(23)16(11)17(22)21-13-4-6-14(7-5-13)27(19,24)25;/h4-7,9,12,20H,2-3,8,10H2,1H3,(H,21,22)(H2,19,24,25);1H. The second-order valence-corrected chi connectivity index (χ2v) is 8.12. The molecule has 28 heavy (non-hydrogen) atoms. The lowest BCUT2D eigenvalue weighted by atomic mass is 9.95. The Hall–Kier alpha value is -2.20. The first kappa shape index (κ1) is 22.1. The van der Waals surface area contributed by atoms with Crippen LogP contribution in [0.15, 0.2) is 44.4 Å². The summed E-state index contributed by atoms with van der Waals surface area (Å²) in [6.45, 7) is 3.38. The number of hydrogen-bond acceptors (Lipinski definition) is 6. The number of primary sulfonamides is 1. The van der Waals surface area contributed by atoms with Crippen LogP contribution in [0, 0.1) is 6.92 Å². The van der Waals surface area contributed by atoms with Crippen LogP contribution in [-0.4, -0.2) is 27.4 Å². The highest BCUT2D eigenvalue weighted by Gasteiger charge is 2.22. The van der Waals surface area contributed by atoms with Crippen molar-refractivity contribution < 1.29 is 17.6 Å². The average Bonchev–Trinajstić information content (AvgIpc) is 2.61.